The molecular formula is C10H6ClNO3S. The molecule has 0 saturated heterocycles. The van der Waals surface area contributed by atoms with Gasteiger partial charge in [0.05, 0.1) is 10.9 Å². The molecule has 0 saturated carbocycles. The van der Waals surface area contributed by atoms with Crippen LogP contribution in [0.2, 0.25) is 5.02 Å². The second-order valence-corrected chi connectivity index (χ2v) is 4.07. The van der Waals surface area contributed by atoms with Gasteiger partial charge in [-0.15, -0.1) is 12.6 Å². The molecule has 0 amide bonds. The summed E-state index contributed by atoms with van der Waals surface area (Å²) in [5.74, 6) is -1.39. The second-order valence-electron chi connectivity index (χ2n) is 3.15. The summed E-state index contributed by atoms with van der Waals surface area (Å²) in [5.41, 5.74) is 0.0647. The van der Waals surface area contributed by atoms with Gasteiger partial charge in [-0.05, 0) is 12.1 Å². The summed E-state index contributed by atoms with van der Waals surface area (Å²) in [6.07, 6.45) is 0. The third-order valence-corrected chi connectivity index (χ3v) is 2.62. The minimum absolute atomic E-state index is 0.177. The molecule has 0 fully saturated rings. The molecule has 4 nitrogen and oxygen atoms in total. The highest BCUT2D eigenvalue weighted by Gasteiger charge is 2.12. The first-order chi connectivity index (χ1) is 7.49. The molecule has 0 radical (unpaired) electrons. The molecule has 0 aliphatic rings. The highest BCUT2D eigenvalue weighted by atomic mass is 35.5. The Kier molecular flexibility index (Phi) is 2.65. The molecule has 1 aromatic heterocycles. The van der Waals surface area contributed by atoms with Gasteiger partial charge in [0.25, 0.3) is 0 Å². The number of carbonyl (C=O) groups is 1. The molecule has 0 atom stereocenters. The molecule has 2 rings (SSSR count). The van der Waals surface area contributed by atoms with Crippen molar-refractivity contribution in [2.75, 3.05) is 0 Å². The zero-order valence-corrected chi connectivity index (χ0v) is 9.46. The van der Waals surface area contributed by atoms with E-state index in [1.165, 1.54) is 6.07 Å². The Bertz CT molecular complexity index is 600. The highest BCUT2D eigenvalue weighted by molar-refractivity contribution is 7.80. The van der Waals surface area contributed by atoms with Gasteiger partial charge in [-0.2, -0.15) is 0 Å². The molecule has 1 heterocycles. The van der Waals surface area contributed by atoms with Gasteiger partial charge in [-0.3, -0.25) is 0 Å². The number of carboxylic acid groups (broad SMARTS) is 1. The van der Waals surface area contributed by atoms with Crippen molar-refractivity contribution in [3.8, 4) is 5.75 Å². The number of aromatic carboxylic acids is 1. The minimum atomic E-state index is -1.21. The van der Waals surface area contributed by atoms with Gasteiger partial charge in [-0.25, -0.2) is 9.78 Å². The number of hydrogen-bond donors (Lipinski definition) is 3. The Morgan fingerprint density at radius 1 is 1.38 bits per heavy atom. The number of rotatable bonds is 1. The van der Waals surface area contributed by atoms with E-state index < -0.39 is 5.97 Å². The van der Waals surface area contributed by atoms with Crippen LogP contribution >= 0.6 is 24.2 Å². The number of carboxylic acids is 1. The molecule has 0 unspecified atom stereocenters. The van der Waals surface area contributed by atoms with Crippen LogP contribution in [0.5, 0.6) is 5.75 Å². The molecule has 2 aromatic rings. The lowest BCUT2D eigenvalue weighted by Crippen LogP contribution is -2.00. The van der Waals surface area contributed by atoms with E-state index in [-0.39, 0.29) is 11.4 Å². The van der Waals surface area contributed by atoms with Crippen LogP contribution in [0, 0.1) is 0 Å². The predicted molar refractivity (Wildman–Crippen MR) is 62.6 cm³/mol. The van der Waals surface area contributed by atoms with Crippen LogP contribution in [0.4, 0.5) is 0 Å². The van der Waals surface area contributed by atoms with Crippen LogP contribution in [0.3, 0.4) is 0 Å². The predicted octanol–water partition coefficient (Wildman–Crippen LogP) is 2.58. The quantitative estimate of drug-likeness (QED) is 0.685. The monoisotopic (exact) mass is 255 g/mol. The van der Waals surface area contributed by atoms with Crippen LogP contribution in [0.15, 0.2) is 23.1 Å². The molecule has 82 valence electrons. The van der Waals surface area contributed by atoms with E-state index in [1.807, 2.05) is 0 Å². The average Bonchev–Trinajstić information content (AvgIpc) is 2.15. The fraction of sp³-hybridized carbons (Fsp3) is 0. The van der Waals surface area contributed by atoms with Crippen LogP contribution in [0.25, 0.3) is 10.9 Å². The van der Waals surface area contributed by atoms with Crippen LogP contribution < -0.4 is 0 Å². The van der Waals surface area contributed by atoms with Crippen molar-refractivity contribution in [2.24, 2.45) is 0 Å². The summed E-state index contributed by atoms with van der Waals surface area (Å²) in [7, 11) is 0. The Labute approximate surface area is 101 Å². The van der Waals surface area contributed by atoms with Crippen LogP contribution in [-0.4, -0.2) is 21.2 Å². The van der Waals surface area contributed by atoms with Gasteiger partial charge >= 0.3 is 5.97 Å². The SMILES string of the molecule is O=C(O)c1cc(O)c2c(S)cc(Cl)cc2n1. The van der Waals surface area contributed by atoms with Crippen molar-refractivity contribution in [3.05, 3.63) is 28.9 Å². The number of nitrogens with zero attached hydrogens (tertiary/aromatic N) is 1. The first-order valence-corrected chi connectivity index (χ1v) is 5.07. The number of fused-ring (bicyclic) bond motifs is 1. The van der Waals surface area contributed by atoms with Crippen molar-refractivity contribution in [3.63, 3.8) is 0 Å². The third-order valence-electron chi connectivity index (χ3n) is 2.05. The molecule has 0 bridgehead atoms. The summed E-state index contributed by atoms with van der Waals surface area (Å²) in [4.78, 5) is 15.1. The Balaban J connectivity index is 2.87. The normalized spacial score (nSPS) is 10.6. The molecule has 1 aromatic carbocycles. The van der Waals surface area contributed by atoms with E-state index in [9.17, 15) is 9.90 Å². The lowest BCUT2D eigenvalue weighted by atomic mass is 10.2. The minimum Gasteiger partial charge on any atom is -0.507 e. The number of pyridine rings is 1. The number of aromatic hydroxyl groups is 1. The van der Waals surface area contributed by atoms with E-state index in [2.05, 4.69) is 17.6 Å². The Morgan fingerprint density at radius 3 is 2.69 bits per heavy atom. The molecule has 0 spiro atoms. The number of hydrogen-bond acceptors (Lipinski definition) is 4. The standard InChI is InChI=1S/C10H6ClNO3S/c11-4-1-5-9(8(16)2-4)7(13)3-6(12-5)10(14)15/h1-3,16H,(H,12,13)(H,14,15). The first-order valence-electron chi connectivity index (χ1n) is 4.24. The summed E-state index contributed by atoms with van der Waals surface area (Å²) in [6, 6.07) is 4.11. The lowest BCUT2D eigenvalue weighted by molar-refractivity contribution is 0.0690. The van der Waals surface area contributed by atoms with Crippen molar-refractivity contribution >= 4 is 41.1 Å². The lowest BCUT2D eigenvalue weighted by Gasteiger charge is -2.05. The number of aromatic nitrogens is 1. The van der Waals surface area contributed by atoms with Crippen molar-refractivity contribution < 1.29 is 15.0 Å². The fourth-order valence-corrected chi connectivity index (χ4v) is 2.06. The molecule has 2 N–H and O–H groups in total. The smallest absolute Gasteiger partial charge is 0.354 e. The van der Waals surface area contributed by atoms with Gasteiger partial charge in [-0.1, -0.05) is 11.6 Å². The Hall–Kier alpha value is -1.46. The maximum absolute atomic E-state index is 10.7. The topological polar surface area (TPSA) is 70.4 Å². The largest absolute Gasteiger partial charge is 0.507 e. The summed E-state index contributed by atoms with van der Waals surface area (Å²) in [5, 5.41) is 19.2. The van der Waals surface area contributed by atoms with E-state index in [1.54, 1.807) is 6.07 Å². The van der Waals surface area contributed by atoms with Gasteiger partial charge < -0.3 is 10.2 Å². The van der Waals surface area contributed by atoms with Crippen molar-refractivity contribution in [2.45, 2.75) is 4.90 Å². The third kappa shape index (κ3) is 1.79. The zero-order chi connectivity index (χ0) is 11.9. The number of halogens is 1. The van der Waals surface area contributed by atoms with E-state index >= 15 is 0 Å². The maximum Gasteiger partial charge on any atom is 0.354 e. The zero-order valence-electron chi connectivity index (χ0n) is 7.81. The highest BCUT2D eigenvalue weighted by Crippen LogP contribution is 2.32. The fourth-order valence-electron chi connectivity index (χ4n) is 1.40. The molecular weight excluding hydrogens is 250 g/mol. The number of benzene rings is 1. The van der Waals surface area contributed by atoms with Gasteiger partial charge in [0.1, 0.15) is 5.75 Å². The maximum atomic E-state index is 10.7. The first kappa shape index (κ1) is 11.0. The number of thiol groups is 1. The van der Waals surface area contributed by atoms with E-state index in [4.69, 9.17) is 16.7 Å². The van der Waals surface area contributed by atoms with Crippen LogP contribution in [0.1, 0.15) is 10.5 Å². The van der Waals surface area contributed by atoms with E-state index in [0.717, 1.165) is 6.07 Å². The van der Waals surface area contributed by atoms with Crippen LogP contribution in [-0.2, 0) is 0 Å². The average molecular weight is 256 g/mol. The molecule has 0 aliphatic heterocycles. The summed E-state index contributed by atoms with van der Waals surface area (Å²) in [6.45, 7) is 0. The van der Waals surface area contributed by atoms with Crippen molar-refractivity contribution in [1.82, 2.24) is 4.98 Å². The molecule has 6 heteroatoms. The second kappa shape index (κ2) is 3.84. The summed E-state index contributed by atoms with van der Waals surface area (Å²) < 4.78 is 0. The van der Waals surface area contributed by atoms with Crippen molar-refractivity contribution in [1.29, 1.82) is 0 Å². The van der Waals surface area contributed by atoms with Gasteiger partial charge in [0.15, 0.2) is 5.69 Å². The Morgan fingerprint density at radius 2 is 2.06 bits per heavy atom. The summed E-state index contributed by atoms with van der Waals surface area (Å²) >= 11 is 9.93. The molecule has 16 heavy (non-hydrogen) atoms. The van der Waals surface area contributed by atoms with Gasteiger partial charge in [0.2, 0.25) is 0 Å². The van der Waals surface area contributed by atoms with Gasteiger partial charge in [0, 0.05) is 16.0 Å². The van der Waals surface area contributed by atoms with E-state index in [0.29, 0.717) is 20.8 Å². The molecule has 0 aliphatic carbocycles.